The quantitative estimate of drug-likeness (QED) is 0.589. The molecule has 3 nitrogen and oxygen atoms in total. The lowest BCUT2D eigenvalue weighted by Gasteiger charge is -1.98. The van der Waals surface area contributed by atoms with Crippen molar-refractivity contribution < 1.29 is 8.42 Å². The van der Waals surface area contributed by atoms with Gasteiger partial charge in [0.05, 0.1) is 4.47 Å². The van der Waals surface area contributed by atoms with Crippen LogP contribution < -0.4 is 0 Å². The summed E-state index contributed by atoms with van der Waals surface area (Å²) in [5.74, 6) is 0. The molecule has 12 heavy (non-hydrogen) atoms. The van der Waals surface area contributed by atoms with Gasteiger partial charge >= 0.3 is 0 Å². The fourth-order valence-electron chi connectivity index (χ4n) is 0.572. The number of nitrogens with zero attached hydrogens (tertiary/aromatic N) is 1. The van der Waals surface area contributed by atoms with Crippen LogP contribution in [0.2, 0.25) is 5.15 Å². The van der Waals surface area contributed by atoms with E-state index in [1.807, 2.05) is 0 Å². The van der Waals surface area contributed by atoms with Gasteiger partial charge in [-0.3, -0.25) is 0 Å². The zero-order chi connectivity index (χ0) is 9.35. The van der Waals surface area contributed by atoms with Crippen molar-refractivity contribution in [1.82, 2.24) is 4.98 Å². The van der Waals surface area contributed by atoms with Crippen molar-refractivity contribution in [3.05, 3.63) is 21.8 Å². The van der Waals surface area contributed by atoms with E-state index in [1.165, 1.54) is 12.1 Å². The van der Waals surface area contributed by atoms with E-state index in [-0.39, 0.29) is 10.2 Å². The van der Waals surface area contributed by atoms with Crippen LogP contribution in [0.4, 0.5) is 0 Å². The Balaban J connectivity index is 3.43. The van der Waals surface area contributed by atoms with E-state index in [9.17, 15) is 8.42 Å². The molecule has 1 rings (SSSR count). The Labute approximate surface area is 87.3 Å². The minimum absolute atomic E-state index is 0.0809. The Kier molecular flexibility index (Phi) is 2.98. The highest BCUT2D eigenvalue weighted by Gasteiger charge is 2.16. The lowest BCUT2D eigenvalue weighted by Crippen LogP contribution is -1.96. The molecule has 0 radical (unpaired) electrons. The molecule has 0 aliphatic heterocycles. The lowest BCUT2D eigenvalue weighted by atomic mass is 10.5. The predicted molar refractivity (Wildman–Crippen MR) is 50.0 cm³/mol. The highest BCUT2D eigenvalue weighted by Crippen LogP contribution is 2.24. The predicted octanol–water partition coefficient (Wildman–Crippen LogP) is 2.42. The minimum Gasteiger partial charge on any atom is -0.222 e. The minimum atomic E-state index is -3.83. The third-order valence-corrected chi connectivity index (χ3v) is 3.34. The number of hydrogen-bond acceptors (Lipinski definition) is 3. The molecular formula is C5H2BrCl2NO2S. The van der Waals surface area contributed by atoms with Crippen molar-refractivity contribution >= 4 is 47.3 Å². The Morgan fingerprint density at radius 3 is 2.42 bits per heavy atom. The molecule has 1 aromatic heterocycles. The summed E-state index contributed by atoms with van der Waals surface area (Å²) in [5, 5.41) is -0.186. The Morgan fingerprint density at radius 1 is 1.42 bits per heavy atom. The second kappa shape index (κ2) is 3.49. The van der Waals surface area contributed by atoms with E-state index in [1.54, 1.807) is 0 Å². The van der Waals surface area contributed by atoms with Crippen molar-refractivity contribution in [2.24, 2.45) is 0 Å². The Hall–Kier alpha value is 0.160. The summed E-state index contributed by atoms with van der Waals surface area (Å²) >= 11 is 8.45. The molecule has 0 amide bonds. The van der Waals surface area contributed by atoms with Crippen LogP contribution in [-0.2, 0) is 9.05 Å². The zero-order valence-electron chi connectivity index (χ0n) is 5.46. The van der Waals surface area contributed by atoms with E-state index in [0.717, 1.165) is 0 Å². The lowest BCUT2D eigenvalue weighted by molar-refractivity contribution is 0.605. The van der Waals surface area contributed by atoms with Crippen LogP contribution in [0.25, 0.3) is 0 Å². The van der Waals surface area contributed by atoms with Crippen LogP contribution in [0.3, 0.4) is 0 Å². The first-order valence-electron chi connectivity index (χ1n) is 2.68. The standard InChI is InChI=1S/C5H2BrCl2NO2S/c6-3-1-2-4(7)9-5(3)12(8,10)11/h1-2H. The normalized spacial score (nSPS) is 11.6. The summed E-state index contributed by atoms with van der Waals surface area (Å²) in [4.78, 5) is 3.54. The second-order valence-corrected chi connectivity index (χ2v) is 5.58. The SMILES string of the molecule is O=S(=O)(Cl)c1nc(Cl)ccc1Br. The van der Waals surface area contributed by atoms with E-state index in [0.29, 0.717) is 4.47 Å². The van der Waals surface area contributed by atoms with Gasteiger partial charge in [0.25, 0.3) is 9.05 Å². The first-order valence-corrected chi connectivity index (χ1v) is 6.16. The van der Waals surface area contributed by atoms with Crippen molar-refractivity contribution in [3.63, 3.8) is 0 Å². The van der Waals surface area contributed by atoms with Crippen LogP contribution in [0.5, 0.6) is 0 Å². The number of pyridine rings is 1. The van der Waals surface area contributed by atoms with E-state index in [2.05, 4.69) is 20.9 Å². The molecule has 0 atom stereocenters. The number of rotatable bonds is 1. The first kappa shape index (κ1) is 10.2. The molecule has 66 valence electrons. The molecule has 0 bridgehead atoms. The average molecular weight is 291 g/mol. The molecule has 7 heteroatoms. The average Bonchev–Trinajstić information content (AvgIpc) is 1.92. The maximum Gasteiger partial charge on any atom is 0.279 e. The molecule has 0 unspecified atom stereocenters. The van der Waals surface area contributed by atoms with Crippen LogP contribution >= 0.6 is 38.2 Å². The Morgan fingerprint density at radius 2 is 2.00 bits per heavy atom. The van der Waals surface area contributed by atoms with Crippen LogP contribution in [-0.4, -0.2) is 13.4 Å². The maximum atomic E-state index is 10.8. The van der Waals surface area contributed by atoms with Gasteiger partial charge in [-0.05, 0) is 28.1 Å². The molecule has 0 spiro atoms. The molecule has 0 aliphatic carbocycles. The highest BCUT2D eigenvalue weighted by molar-refractivity contribution is 9.10. The monoisotopic (exact) mass is 289 g/mol. The van der Waals surface area contributed by atoms with E-state index >= 15 is 0 Å². The molecule has 1 heterocycles. The molecule has 0 N–H and O–H groups in total. The molecule has 0 fully saturated rings. The molecule has 1 aromatic rings. The van der Waals surface area contributed by atoms with E-state index in [4.69, 9.17) is 22.3 Å². The smallest absolute Gasteiger partial charge is 0.222 e. The summed E-state index contributed by atoms with van der Waals surface area (Å²) in [7, 11) is 1.23. The van der Waals surface area contributed by atoms with Crippen molar-refractivity contribution in [3.8, 4) is 0 Å². The van der Waals surface area contributed by atoms with Gasteiger partial charge < -0.3 is 0 Å². The number of aromatic nitrogens is 1. The largest absolute Gasteiger partial charge is 0.279 e. The zero-order valence-corrected chi connectivity index (χ0v) is 9.37. The molecule has 0 aromatic carbocycles. The molecular weight excluding hydrogens is 289 g/mol. The maximum absolute atomic E-state index is 10.8. The fraction of sp³-hybridized carbons (Fsp3) is 0. The third kappa shape index (κ3) is 2.32. The summed E-state index contributed by atoms with van der Waals surface area (Å²) in [5.41, 5.74) is 0. The first-order chi connectivity index (χ1) is 5.41. The molecule has 0 saturated carbocycles. The van der Waals surface area contributed by atoms with Crippen molar-refractivity contribution in [2.75, 3.05) is 0 Å². The summed E-state index contributed by atoms with van der Waals surface area (Å²) < 4.78 is 21.9. The van der Waals surface area contributed by atoms with Gasteiger partial charge in [0.1, 0.15) is 5.15 Å². The van der Waals surface area contributed by atoms with Gasteiger partial charge in [-0.25, -0.2) is 13.4 Å². The topological polar surface area (TPSA) is 47.0 Å². The van der Waals surface area contributed by atoms with Gasteiger partial charge in [0.2, 0.25) is 0 Å². The number of hydrogen-bond donors (Lipinski definition) is 0. The van der Waals surface area contributed by atoms with Crippen LogP contribution in [0, 0.1) is 0 Å². The van der Waals surface area contributed by atoms with Gasteiger partial charge in [0, 0.05) is 10.7 Å². The molecule has 0 aliphatic rings. The summed E-state index contributed by atoms with van der Waals surface area (Å²) in [6.07, 6.45) is 0. The summed E-state index contributed by atoms with van der Waals surface area (Å²) in [6.45, 7) is 0. The van der Waals surface area contributed by atoms with Crippen molar-refractivity contribution in [2.45, 2.75) is 5.03 Å². The Bertz CT molecular complexity index is 406. The highest BCUT2D eigenvalue weighted by atomic mass is 79.9. The van der Waals surface area contributed by atoms with Crippen LogP contribution in [0.15, 0.2) is 21.6 Å². The van der Waals surface area contributed by atoms with Gasteiger partial charge in [-0.15, -0.1) is 0 Å². The third-order valence-electron chi connectivity index (χ3n) is 1.01. The molecule has 0 saturated heterocycles. The van der Waals surface area contributed by atoms with Crippen LogP contribution in [0.1, 0.15) is 0 Å². The fourth-order valence-corrected chi connectivity index (χ4v) is 2.77. The summed E-state index contributed by atoms with van der Waals surface area (Å²) in [6, 6.07) is 2.92. The van der Waals surface area contributed by atoms with Gasteiger partial charge in [0.15, 0.2) is 5.03 Å². The number of halogens is 3. The van der Waals surface area contributed by atoms with Gasteiger partial charge in [-0.1, -0.05) is 11.6 Å². The second-order valence-electron chi connectivity index (χ2n) is 1.86. The van der Waals surface area contributed by atoms with E-state index < -0.39 is 9.05 Å². The van der Waals surface area contributed by atoms with Gasteiger partial charge in [-0.2, -0.15) is 0 Å². The van der Waals surface area contributed by atoms with Crippen molar-refractivity contribution in [1.29, 1.82) is 0 Å².